The van der Waals surface area contributed by atoms with Crippen molar-refractivity contribution in [3.05, 3.63) is 49.6 Å². The van der Waals surface area contributed by atoms with Crippen LogP contribution in [0.1, 0.15) is 72.6 Å². The minimum atomic E-state index is -0.898. The van der Waals surface area contributed by atoms with E-state index in [-0.39, 0.29) is 37.9 Å². The fourth-order valence-corrected chi connectivity index (χ4v) is 4.36. The predicted octanol–water partition coefficient (Wildman–Crippen LogP) is 4.13. The summed E-state index contributed by atoms with van der Waals surface area (Å²) in [5.41, 5.74) is -1.39. The normalized spacial score (nSPS) is 13.1. The Labute approximate surface area is 258 Å². The number of nitrogens with zero attached hydrogens (tertiary/aromatic N) is 2. The molecule has 3 N–H and O–H groups in total. The number of aliphatic hydroxyl groups excluding tert-OH is 2. The van der Waals surface area contributed by atoms with Crippen molar-refractivity contribution in [3.8, 4) is 0 Å². The van der Waals surface area contributed by atoms with Crippen molar-refractivity contribution in [1.29, 1.82) is 0 Å². The van der Waals surface area contributed by atoms with Crippen LogP contribution in [0.5, 0.6) is 0 Å². The number of carbonyl (C=O) groups excluding carboxylic acids is 2. The molecule has 10 nitrogen and oxygen atoms in total. The minimum Gasteiger partial charge on any atom is -0.481 e. The molecule has 0 aromatic heterocycles. The molecule has 0 amide bonds. The van der Waals surface area contributed by atoms with Crippen LogP contribution in [0.3, 0.4) is 0 Å². The molecule has 0 bridgehead atoms. The first kappa shape index (κ1) is 40.2. The number of carbonyl (C=O) groups is 3. The molecule has 0 aliphatic heterocycles. The average Bonchev–Trinajstić information content (AvgIpc) is 2.92. The molecule has 0 rings (SSSR count). The summed E-state index contributed by atoms with van der Waals surface area (Å²) in [5.74, 6) is -1.43. The van der Waals surface area contributed by atoms with Crippen LogP contribution in [0.15, 0.2) is 49.6 Å². The van der Waals surface area contributed by atoms with Gasteiger partial charge in [-0.15, -0.1) is 6.58 Å². The van der Waals surface area contributed by atoms with Gasteiger partial charge in [0.25, 0.3) is 0 Å². The van der Waals surface area contributed by atoms with E-state index in [1.165, 1.54) is 0 Å². The van der Waals surface area contributed by atoms with Crippen LogP contribution in [0, 0.1) is 5.92 Å². The van der Waals surface area contributed by atoms with Crippen LogP contribution in [0.4, 0.5) is 0 Å². The molecule has 1 unspecified atom stereocenters. The zero-order valence-electron chi connectivity index (χ0n) is 26.8. The van der Waals surface area contributed by atoms with Crippen LogP contribution in [0.25, 0.3) is 0 Å². The second-order valence-electron chi connectivity index (χ2n) is 11.7. The first-order valence-corrected chi connectivity index (χ1v) is 15.2. The molecule has 0 heterocycles. The zero-order chi connectivity index (χ0) is 32.7. The maximum atomic E-state index is 12.6. The molecule has 0 aromatic carbocycles. The highest BCUT2D eigenvalue weighted by Crippen LogP contribution is 2.19. The summed E-state index contributed by atoms with van der Waals surface area (Å²) in [4.78, 5) is 39.0. The Morgan fingerprint density at radius 1 is 0.837 bits per heavy atom. The average molecular weight is 609 g/mol. The standard InChI is InChI=1S/C33H56N2O8/c1-7-28(14-10-9-11-18-32(3,4)42-30(40)8-2)15-12-19-33(5,6)43-31(41)17-23-34(22-16-29(38)39)20-13-21-35(24-26-36)25-27-37/h7-9,11-12,19,28,36-37H,1-2,10,13-18,20-27H2,3-6H3,(H,38,39)/b11-9+,19-12-. The summed E-state index contributed by atoms with van der Waals surface area (Å²) in [6, 6.07) is 0. The first-order valence-electron chi connectivity index (χ1n) is 15.2. The van der Waals surface area contributed by atoms with Crippen molar-refractivity contribution in [3.63, 3.8) is 0 Å². The first-order chi connectivity index (χ1) is 20.3. The van der Waals surface area contributed by atoms with E-state index < -0.39 is 23.1 Å². The predicted molar refractivity (Wildman–Crippen MR) is 170 cm³/mol. The smallest absolute Gasteiger partial charge is 0.330 e. The van der Waals surface area contributed by atoms with Crippen LogP contribution in [-0.4, -0.2) is 107 Å². The van der Waals surface area contributed by atoms with E-state index in [0.717, 1.165) is 25.3 Å². The Kier molecular flexibility index (Phi) is 21.2. The molecule has 246 valence electrons. The molecule has 0 aliphatic rings. The lowest BCUT2D eigenvalue weighted by Crippen LogP contribution is -2.35. The van der Waals surface area contributed by atoms with Gasteiger partial charge in [0.1, 0.15) is 11.2 Å². The number of hydrogen-bond donors (Lipinski definition) is 3. The number of aliphatic carboxylic acids is 1. The highest BCUT2D eigenvalue weighted by molar-refractivity contribution is 5.81. The number of esters is 2. The van der Waals surface area contributed by atoms with Crippen molar-refractivity contribution in [1.82, 2.24) is 9.80 Å². The molecular weight excluding hydrogens is 552 g/mol. The van der Waals surface area contributed by atoms with Gasteiger partial charge in [0.2, 0.25) is 0 Å². The number of ether oxygens (including phenoxy) is 2. The third-order valence-corrected chi connectivity index (χ3v) is 6.75. The molecule has 0 aromatic rings. The van der Waals surface area contributed by atoms with Crippen molar-refractivity contribution in [2.45, 2.75) is 83.8 Å². The lowest BCUT2D eigenvalue weighted by Gasteiger charge is -2.26. The van der Waals surface area contributed by atoms with E-state index in [1.807, 2.05) is 61.8 Å². The Hall–Kier alpha value is -2.79. The number of rotatable bonds is 26. The van der Waals surface area contributed by atoms with E-state index >= 15 is 0 Å². The molecule has 0 aliphatic carbocycles. The summed E-state index contributed by atoms with van der Waals surface area (Å²) in [6.07, 6.45) is 15.0. The molecule has 10 heteroatoms. The number of hydrogen-bond acceptors (Lipinski definition) is 9. The topological polar surface area (TPSA) is 137 Å². The summed E-state index contributed by atoms with van der Waals surface area (Å²) in [5, 5.41) is 27.5. The van der Waals surface area contributed by atoms with Gasteiger partial charge in [0, 0.05) is 38.7 Å². The van der Waals surface area contributed by atoms with E-state index in [0.29, 0.717) is 52.1 Å². The van der Waals surface area contributed by atoms with E-state index in [2.05, 4.69) is 19.2 Å². The van der Waals surface area contributed by atoms with Gasteiger partial charge >= 0.3 is 17.9 Å². The van der Waals surface area contributed by atoms with Gasteiger partial charge in [-0.3, -0.25) is 14.5 Å². The third kappa shape index (κ3) is 22.4. The lowest BCUT2D eigenvalue weighted by molar-refractivity contribution is -0.153. The van der Waals surface area contributed by atoms with E-state index in [4.69, 9.17) is 14.6 Å². The van der Waals surface area contributed by atoms with E-state index in [9.17, 15) is 24.6 Å². The van der Waals surface area contributed by atoms with Gasteiger partial charge in [0.15, 0.2) is 0 Å². The van der Waals surface area contributed by atoms with Crippen molar-refractivity contribution >= 4 is 17.9 Å². The van der Waals surface area contributed by atoms with Crippen LogP contribution in [0.2, 0.25) is 0 Å². The lowest BCUT2D eigenvalue weighted by atomic mass is 9.97. The molecule has 0 radical (unpaired) electrons. The SMILES string of the molecule is C=CC(=O)OC(C)(C)C/C=C/CCC(C=C)C/C=C\C(C)(C)OC(=O)CCN(CCCN(CCO)CCO)CCC(=O)O. The van der Waals surface area contributed by atoms with Gasteiger partial charge in [-0.2, -0.15) is 0 Å². The van der Waals surface area contributed by atoms with Gasteiger partial charge < -0.3 is 29.7 Å². The summed E-state index contributed by atoms with van der Waals surface area (Å²) >= 11 is 0. The molecule has 43 heavy (non-hydrogen) atoms. The number of allylic oxidation sites excluding steroid dienone is 3. The van der Waals surface area contributed by atoms with Crippen molar-refractivity contribution in [2.75, 3.05) is 52.5 Å². The zero-order valence-corrected chi connectivity index (χ0v) is 26.8. The molecule has 1 atom stereocenters. The minimum absolute atomic E-state index is 0.000982. The van der Waals surface area contributed by atoms with E-state index in [1.54, 1.807) is 0 Å². The van der Waals surface area contributed by atoms with Crippen LogP contribution < -0.4 is 0 Å². The number of aliphatic hydroxyl groups is 2. The Morgan fingerprint density at radius 3 is 2.00 bits per heavy atom. The largest absolute Gasteiger partial charge is 0.481 e. The molecule has 0 saturated carbocycles. The fraction of sp³-hybridized carbons (Fsp3) is 0.667. The molecule has 0 fully saturated rings. The van der Waals surface area contributed by atoms with Crippen LogP contribution >= 0.6 is 0 Å². The van der Waals surface area contributed by atoms with Gasteiger partial charge in [-0.05, 0) is 78.5 Å². The van der Waals surface area contributed by atoms with Gasteiger partial charge in [0.05, 0.1) is 26.1 Å². The van der Waals surface area contributed by atoms with Gasteiger partial charge in [-0.25, -0.2) is 4.79 Å². The Bertz CT molecular complexity index is 891. The maximum absolute atomic E-state index is 12.6. The number of carboxylic acids is 1. The highest BCUT2D eigenvalue weighted by atomic mass is 16.6. The highest BCUT2D eigenvalue weighted by Gasteiger charge is 2.21. The van der Waals surface area contributed by atoms with Crippen molar-refractivity contribution in [2.24, 2.45) is 5.92 Å². The maximum Gasteiger partial charge on any atom is 0.330 e. The second-order valence-corrected chi connectivity index (χ2v) is 11.7. The summed E-state index contributed by atoms with van der Waals surface area (Å²) in [7, 11) is 0. The fourth-order valence-electron chi connectivity index (χ4n) is 4.36. The monoisotopic (exact) mass is 608 g/mol. The van der Waals surface area contributed by atoms with Crippen LogP contribution in [-0.2, 0) is 23.9 Å². The quantitative estimate of drug-likeness (QED) is 0.0747. The molecular formula is C33H56N2O8. The third-order valence-electron chi connectivity index (χ3n) is 6.75. The Morgan fingerprint density at radius 2 is 1.44 bits per heavy atom. The number of carboxylic acid groups (broad SMARTS) is 1. The summed E-state index contributed by atoms with van der Waals surface area (Å²) < 4.78 is 11.0. The summed E-state index contributed by atoms with van der Waals surface area (Å²) in [6.45, 7) is 17.6. The molecule has 0 spiro atoms. The Balaban J connectivity index is 4.70. The van der Waals surface area contributed by atoms with Gasteiger partial charge in [-0.1, -0.05) is 30.9 Å². The second kappa shape index (κ2) is 22.7. The molecule has 0 saturated heterocycles. The van der Waals surface area contributed by atoms with Crippen molar-refractivity contribution < 1.29 is 39.2 Å².